The summed E-state index contributed by atoms with van der Waals surface area (Å²) in [5.41, 5.74) is 0.555. The number of aryl methyl sites for hydroxylation is 2. The smallest absolute Gasteiger partial charge is 0.258 e. The number of hydrogen-bond acceptors (Lipinski definition) is 5. The number of aromatic nitrogens is 2. The number of rotatable bonds is 3. The van der Waals surface area contributed by atoms with Gasteiger partial charge in [0, 0.05) is 0 Å². The van der Waals surface area contributed by atoms with Crippen molar-refractivity contribution < 1.29 is 9.90 Å². The lowest BCUT2D eigenvalue weighted by atomic mass is 9.90. The van der Waals surface area contributed by atoms with Crippen LogP contribution < -0.4 is 0 Å². The lowest BCUT2D eigenvalue weighted by molar-refractivity contribution is -0.0828. The minimum absolute atomic E-state index is 0.0834. The Morgan fingerprint density at radius 2 is 2.05 bits per heavy atom. The monoisotopic (exact) mass is 281 g/mol. The predicted molar refractivity (Wildman–Crippen MR) is 74.4 cm³/mol. The summed E-state index contributed by atoms with van der Waals surface area (Å²) in [6, 6.07) is 0. The van der Waals surface area contributed by atoms with Crippen LogP contribution in [0, 0.1) is 13.8 Å². The molecule has 1 fully saturated rings. The van der Waals surface area contributed by atoms with Crippen molar-refractivity contribution in [1.29, 1.82) is 0 Å². The Morgan fingerprint density at radius 3 is 2.58 bits per heavy atom. The number of likely N-dealkylation sites (tertiary alicyclic amines) is 1. The quantitative estimate of drug-likeness (QED) is 0.670. The maximum absolute atomic E-state index is 12.5. The number of aliphatic hydroxyl groups is 1. The second-order valence-electron chi connectivity index (χ2n) is 4.98. The lowest BCUT2D eigenvalue weighted by Gasteiger charge is -2.46. The fourth-order valence-corrected chi connectivity index (χ4v) is 2.93. The molecule has 0 spiro atoms. The third-order valence-electron chi connectivity index (χ3n) is 3.49. The maximum Gasteiger partial charge on any atom is 0.258 e. The summed E-state index contributed by atoms with van der Waals surface area (Å²) < 4.78 is 0. The van der Waals surface area contributed by atoms with Crippen molar-refractivity contribution in [2.45, 2.75) is 37.8 Å². The third-order valence-corrected chi connectivity index (χ3v) is 4.17. The predicted octanol–water partition coefficient (Wildman–Crippen LogP) is 1.41. The molecule has 1 saturated heterocycles. The van der Waals surface area contributed by atoms with Crippen molar-refractivity contribution in [3.8, 4) is 0 Å². The van der Waals surface area contributed by atoms with Gasteiger partial charge >= 0.3 is 0 Å². The molecule has 1 aliphatic rings. The van der Waals surface area contributed by atoms with E-state index in [0.29, 0.717) is 41.6 Å². The van der Waals surface area contributed by atoms with E-state index in [4.69, 9.17) is 0 Å². The van der Waals surface area contributed by atoms with Gasteiger partial charge in [0.2, 0.25) is 0 Å². The second kappa shape index (κ2) is 5.09. The number of β-amino-alcohol motifs (C(OH)–C–C–N with tert-alkyl or cyclic N) is 1. The van der Waals surface area contributed by atoms with E-state index < -0.39 is 5.60 Å². The van der Waals surface area contributed by atoms with Crippen LogP contribution in [-0.4, -0.2) is 50.8 Å². The zero-order valence-corrected chi connectivity index (χ0v) is 12.5. The summed E-state index contributed by atoms with van der Waals surface area (Å²) in [5.74, 6) is 0.590. The van der Waals surface area contributed by atoms with Gasteiger partial charge in [0.25, 0.3) is 5.91 Å². The first-order chi connectivity index (χ1) is 8.90. The van der Waals surface area contributed by atoms with Gasteiger partial charge in [0.05, 0.1) is 29.9 Å². The average molecular weight is 281 g/mol. The molecule has 0 aromatic carbocycles. The van der Waals surface area contributed by atoms with E-state index in [0.717, 1.165) is 0 Å². The van der Waals surface area contributed by atoms with Crippen LogP contribution in [-0.2, 0) is 0 Å². The minimum Gasteiger partial charge on any atom is -0.386 e. The number of nitrogens with zero attached hydrogens (tertiary/aromatic N) is 3. The van der Waals surface area contributed by atoms with Crippen LogP contribution in [0.2, 0.25) is 0 Å². The van der Waals surface area contributed by atoms with Gasteiger partial charge in [-0.15, -0.1) is 11.8 Å². The normalized spacial score (nSPS) is 17.2. The highest BCUT2D eigenvalue weighted by Gasteiger charge is 2.43. The van der Waals surface area contributed by atoms with E-state index in [9.17, 15) is 9.90 Å². The van der Waals surface area contributed by atoms with E-state index in [-0.39, 0.29) is 5.91 Å². The molecule has 0 saturated carbocycles. The first kappa shape index (κ1) is 14.3. The molecule has 0 atom stereocenters. The lowest BCUT2D eigenvalue weighted by Crippen LogP contribution is -2.63. The fraction of sp³-hybridized carbons (Fsp3) is 0.615. The number of carbonyl (C=O) groups excluding carboxylic acids is 1. The van der Waals surface area contributed by atoms with Crippen LogP contribution in [0.15, 0.2) is 5.03 Å². The summed E-state index contributed by atoms with van der Waals surface area (Å²) in [7, 11) is 0. The van der Waals surface area contributed by atoms with Gasteiger partial charge in [-0.25, -0.2) is 9.97 Å². The molecule has 1 amide bonds. The Labute approximate surface area is 117 Å². The van der Waals surface area contributed by atoms with E-state index in [1.54, 1.807) is 4.90 Å². The van der Waals surface area contributed by atoms with Crippen molar-refractivity contribution in [2.75, 3.05) is 19.3 Å². The Balaban J connectivity index is 2.26. The van der Waals surface area contributed by atoms with E-state index in [1.807, 2.05) is 27.0 Å². The van der Waals surface area contributed by atoms with Crippen LogP contribution in [0.1, 0.15) is 35.2 Å². The number of thioether (sulfide) groups is 1. The van der Waals surface area contributed by atoms with E-state index in [1.165, 1.54) is 11.8 Å². The summed E-state index contributed by atoms with van der Waals surface area (Å²) >= 11 is 1.45. The molecule has 2 heterocycles. The van der Waals surface area contributed by atoms with Crippen molar-refractivity contribution in [2.24, 2.45) is 0 Å². The van der Waals surface area contributed by atoms with Crippen molar-refractivity contribution in [1.82, 2.24) is 14.9 Å². The van der Waals surface area contributed by atoms with Gasteiger partial charge in [-0.05, 0) is 26.5 Å². The van der Waals surface area contributed by atoms with Gasteiger partial charge in [-0.2, -0.15) is 0 Å². The highest BCUT2D eigenvalue weighted by atomic mass is 32.2. The highest BCUT2D eigenvalue weighted by molar-refractivity contribution is 7.98. The zero-order chi connectivity index (χ0) is 14.2. The summed E-state index contributed by atoms with van der Waals surface area (Å²) in [4.78, 5) is 22.7. The maximum atomic E-state index is 12.5. The molecule has 5 nitrogen and oxygen atoms in total. The van der Waals surface area contributed by atoms with Crippen molar-refractivity contribution >= 4 is 17.7 Å². The molecule has 0 radical (unpaired) electrons. The molecule has 2 rings (SSSR count). The first-order valence-corrected chi connectivity index (χ1v) is 7.53. The molecule has 0 bridgehead atoms. The molecule has 1 aromatic heterocycles. The molecular weight excluding hydrogens is 262 g/mol. The number of hydrogen-bond donors (Lipinski definition) is 1. The Bertz CT molecular complexity index is 513. The fourth-order valence-electron chi connectivity index (χ4n) is 2.26. The average Bonchev–Trinajstić information content (AvgIpc) is 2.33. The molecule has 6 heteroatoms. The highest BCUT2D eigenvalue weighted by Crippen LogP contribution is 2.29. The van der Waals surface area contributed by atoms with Crippen molar-refractivity contribution in [3.05, 3.63) is 17.1 Å². The number of amides is 1. The Morgan fingerprint density at radius 1 is 1.42 bits per heavy atom. The van der Waals surface area contributed by atoms with Gasteiger partial charge in [-0.3, -0.25) is 4.79 Å². The zero-order valence-electron chi connectivity index (χ0n) is 11.7. The van der Waals surface area contributed by atoms with Gasteiger partial charge in [0.1, 0.15) is 10.9 Å². The third kappa shape index (κ3) is 2.60. The molecule has 0 aliphatic carbocycles. The summed E-state index contributed by atoms with van der Waals surface area (Å²) in [6.07, 6.45) is 2.56. The van der Waals surface area contributed by atoms with Crippen LogP contribution in [0.3, 0.4) is 0 Å². The van der Waals surface area contributed by atoms with Crippen molar-refractivity contribution in [3.63, 3.8) is 0 Å². The molecule has 1 aromatic rings. The molecule has 0 unspecified atom stereocenters. The molecule has 19 heavy (non-hydrogen) atoms. The SMILES string of the molecule is CCC1(O)CN(C(=O)c2c(C)nc(C)nc2SC)C1. The minimum atomic E-state index is -0.714. The summed E-state index contributed by atoms with van der Waals surface area (Å²) in [5, 5.41) is 10.7. The molecule has 104 valence electrons. The van der Waals surface area contributed by atoms with E-state index >= 15 is 0 Å². The largest absolute Gasteiger partial charge is 0.386 e. The van der Waals surface area contributed by atoms with Crippen LogP contribution >= 0.6 is 11.8 Å². The van der Waals surface area contributed by atoms with Gasteiger partial charge in [-0.1, -0.05) is 6.92 Å². The van der Waals surface area contributed by atoms with Gasteiger partial charge < -0.3 is 10.0 Å². The van der Waals surface area contributed by atoms with Crippen LogP contribution in [0.25, 0.3) is 0 Å². The Kier molecular flexibility index (Phi) is 3.82. The molecule has 1 aliphatic heterocycles. The standard InChI is InChI=1S/C13H19N3O2S/c1-5-13(18)6-16(7-13)12(17)10-8(2)14-9(3)15-11(10)19-4/h18H,5-7H2,1-4H3. The van der Waals surface area contributed by atoms with Gasteiger partial charge in [0.15, 0.2) is 0 Å². The Hall–Kier alpha value is -1.14. The topological polar surface area (TPSA) is 66.3 Å². The molecule has 1 N–H and O–H groups in total. The molecular formula is C13H19N3O2S. The van der Waals surface area contributed by atoms with E-state index in [2.05, 4.69) is 9.97 Å². The summed E-state index contributed by atoms with van der Waals surface area (Å²) in [6.45, 7) is 6.36. The van der Waals surface area contributed by atoms with Crippen LogP contribution in [0.4, 0.5) is 0 Å². The first-order valence-electron chi connectivity index (χ1n) is 6.31. The van der Waals surface area contributed by atoms with Crippen LogP contribution in [0.5, 0.6) is 0 Å². The number of carbonyl (C=O) groups is 1. The second-order valence-corrected chi connectivity index (χ2v) is 5.77.